The maximum atomic E-state index is 13.5. The standard InChI is InChI=1S/C27H28FN3O3/c1-2-33-27(32)31-22-9-10-23-19(13-22)14-25-26(34-16-30-25)24(23)11-8-21-7-6-18(15-29-21)17-4-3-5-20(28)12-17/h3-8,11-12,15-16,19,22-24H,2,9-10,13-14H2,1H3,(H,31,32)/t19-,22+,23+,24-/m0/s1. The summed E-state index contributed by atoms with van der Waals surface area (Å²) in [6.07, 6.45) is 10.8. The molecule has 0 bridgehead atoms. The van der Waals surface area contributed by atoms with Crippen molar-refractivity contribution in [3.05, 3.63) is 78.0 Å². The van der Waals surface area contributed by atoms with E-state index < -0.39 is 0 Å². The fourth-order valence-electron chi connectivity index (χ4n) is 5.39. The molecule has 6 nitrogen and oxygen atoms in total. The third kappa shape index (κ3) is 4.74. The first-order valence-corrected chi connectivity index (χ1v) is 11.9. The summed E-state index contributed by atoms with van der Waals surface area (Å²) in [7, 11) is 0. The van der Waals surface area contributed by atoms with Crippen molar-refractivity contribution < 1.29 is 18.3 Å². The lowest BCUT2D eigenvalue weighted by Crippen LogP contribution is -2.44. The van der Waals surface area contributed by atoms with E-state index in [1.165, 1.54) is 18.5 Å². The molecule has 7 heteroatoms. The smallest absolute Gasteiger partial charge is 0.407 e. The Hall–Kier alpha value is -3.48. The number of nitrogens with one attached hydrogen (secondary N) is 1. The molecule has 3 aromatic rings. The molecule has 1 aromatic carbocycles. The van der Waals surface area contributed by atoms with Crippen molar-refractivity contribution in [3.63, 3.8) is 0 Å². The number of allylic oxidation sites excluding steroid dienone is 1. The number of aromatic nitrogens is 2. The predicted molar refractivity (Wildman–Crippen MR) is 126 cm³/mol. The number of oxazole rings is 1. The number of rotatable bonds is 5. The summed E-state index contributed by atoms with van der Waals surface area (Å²) in [6, 6.07) is 10.5. The maximum Gasteiger partial charge on any atom is 0.407 e. The molecule has 2 aromatic heterocycles. The van der Waals surface area contributed by atoms with Crippen LogP contribution in [0.15, 0.2) is 59.5 Å². The number of nitrogens with zero attached hydrogens (tertiary/aromatic N) is 2. The third-order valence-corrected chi connectivity index (χ3v) is 6.95. The second kappa shape index (κ2) is 9.79. The molecule has 0 radical (unpaired) electrons. The number of amides is 1. The van der Waals surface area contributed by atoms with Crippen LogP contribution in [0.3, 0.4) is 0 Å². The SMILES string of the molecule is CCOC(=O)N[C@@H]1CC[C@@H]2[C@H](Cc3ncoc3[C@H]2C=Cc2ccc(-c3cccc(F)c3)cn2)C1. The fraction of sp³-hybridized carbons (Fsp3) is 0.370. The number of hydrogen-bond donors (Lipinski definition) is 1. The van der Waals surface area contributed by atoms with Gasteiger partial charge in [0, 0.05) is 23.7 Å². The van der Waals surface area contributed by atoms with Crippen LogP contribution < -0.4 is 5.32 Å². The molecule has 2 aliphatic carbocycles. The highest BCUT2D eigenvalue weighted by atomic mass is 19.1. The van der Waals surface area contributed by atoms with Crippen LogP contribution in [0.1, 0.15) is 49.3 Å². The zero-order chi connectivity index (χ0) is 23.5. The Morgan fingerprint density at radius 3 is 2.94 bits per heavy atom. The lowest BCUT2D eigenvalue weighted by Gasteiger charge is -2.41. The van der Waals surface area contributed by atoms with Crippen LogP contribution in [0.2, 0.25) is 0 Å². The second-order valence-electron chi connectivity index (χ2n) is 9.03. The van der Waals surface area contributed by atoms with Crippen molar-refractivity contribution in [1.82, 2.24) is 15.3 Å². The molecule has 1 amide bonds. The van der Waals surface area contributed by atoms with E-state index in [0.717, 1.165) is 54.0 Å². The van der Waals surface area contributed by atoms with E-state index in [1.807, 2.05) is 31.2 Å². The fourth-order valence-corrected chi connectivity index (χ4v) is 5.39. The molecule has 4 atom stereocenters. The van der Waals surface area contributed by atoms with Crippen molar-refractivity contribution in [3.8, 4) is 11.1 Å². The van der Waals surface area contributed by atoms with Crippen LogP contribution in [-0.4, -0.2) is 28.7 Å². The van der Waals surface area contributed by atoms with Crippen LogP contribution in [0.5, 0.6) is 0 Å². The summed E-state index contributed by atoms with van der Waals surface area (Å²) in [4.78, 5) is 20.9. The molecular weight excluding hydrogens is 433 g/mol. The summed E-state index contributed by atoms with van der Waals surface area (Å²) >= 11 is 0. The Bertz CT molecular complexity index is 1170. The summed E-state index contributed by atoms with van der Waals surface area (Å²) in [5.41, 5.74) is 3.51. The first-order chi connectivity index (χ1) is 16.6. The molecule has 2 aliphatic rings. The zero-order valence-electron chi connectivity index (χ0n) is 19.1. The molecule has 34 heavy (non-hydrogen) atoms. The van der Waals surface area contributed by atoms with Crippen molar-refractivity contribution >= 4 is 12.2 Å². The van der Waals surface area contributed by atoms with E-state index in [4.69, 9.17) is 9.15 Å². The van der Waals surface area contributed by atoms with Crippen LogP contribution in [-0.2, 0) is 11.2 Å². The summed E-state index contributed by atoms with van der Waals surface area (Å²) in [6.45, 7) is 2.18. The van der Waals surface area contributed by atoms with Crippen LogP contribution in [0, 0.1) is 17.7 Å². The van der Waals surface area contributed by atoms with Crippen LogP contribution >= 0.6 is 0 Å². The normalized spacial score (nSPS) is 23.8. The van der Waals surface area contributed by atoms with Crippen molar-refractivity contribution in [2.75, 3.05) is 6.61 Å². The lowest BCUT2D eigenvalue weighted by molar-refractivity contribution is 0.126. The van der Waals surface area contributed by atoms with Gasteiger partial charge in [-0.25, -0.2) is 14.2 Å². The van der Waals surface area contributed by atoms with Gasteiger partial charge in [-0.15, -0.1) is 0 Å². The van der Waals surface area contributed by atoms with Gasteiger partial charge >= 0.3 is 6.09 Å². The molecule has 2 heterocycles. The third-order valence-electron chi connectivity index (χ3n) is 6.95. The Labute approximate surface area is 198 Å². The van der Waals surface area contributed by atoms with Gasteiger partial charge in [0.05, 0.1) is 18.0 Å². The van der Waals surface area contributed by atoms with Gasteiger partial charge in [0.15, 0.2) is 6.39 Å². The minimum atomic E-state index is -0.340. The van der Waals surface area contributed by atoms with Gasteiger partial charge < -0.3 is 14.5 Å². The number of ether oxygens (including phenoxy) is 1. The highest BCUT2D eigenvalue weighted by Gasteiger charge is 2.42. The topological polar surface area (TPSA) is 77.2 Å². The van der Waals surface area contributed by atoms with Gasteiger partial charge in [-0.05, 0) is 74.3 Å². The Balaban J connectivity index is 1.32. The van der Waals surface area contributed by atoms with Crippen LogP contribution in [0.25, 0.3) is 17.2 Å². The molecular formula is C27H28FN3O3. The Morgan fingerprint density at radius 2 is 2.15 bits per heavy atom. The highest BCUT2D eigenvalue weighted by molar-refractivity contribution is 5.67. The zero-order valence-corrected chi connectivity index (χ0v) is 19.1. The van der Waals surface area contributed by atoms with Gasteiger partial charge in [0.1, 0.15) is 11.6 Å². The Morgan fingerprint density at radius 1 is 1.24 bits per heavy atom. The van der Waals surface area contributed by atoms with Crippen molar-refractivity contribution in [1.29, 1.82) is 0 Å². The quantitative estimate of drug-likeness (QED) is 0.523. The molecule has 1 fully saturated rings. The van der Waals surface area contributed by atoms with Crippen molar-refractivity contribution in [2.24, 2.45) is 11.8 Å². The highest BCUT2D eigenvalue weighted by Crippen LogP contribution is 2.47. The number of pyridine rings is 1. The molecule has 1 N–H and O–H groups in total. The lowest BCUT2D eigenvalue weighted by atomic mass is 9.65. The molecule has 0 saturated heterocycles. The number of hydrogen-bond acceptors (Lipinski definition) is 5. The predicted octanol–water partition coefficient (Wildman–Crippen LogP) is 5.76. The minimum absolute atomic E-state index is 0.115. The number of alkyl carbamates (subject to hydrolysis) is 1. The number of halogens is 1. The van der Waals surface area contributed by atoms with E-state index in [9.17, 15) is 9.18 Å². The largest absolute Gasteiger partial charge is 0.450 e. The summed E-state index contributed by atoms with van der Waals surface area (Å²) < 4.78 is 24.4. The van der Waals surface area contributed by atoms with E-state index in [1.54, 1.807) is 12.3 Å². The van der Waals surface area contributed by atoms with Gasteiger partial charge in [-0.3, -0.25) is 4.98 Å². The molecule has 1 saturated carbocycles. The van der Waals surface area contributed by atoms with E-state index >= 15 is 0 Å². The molecule has 0 spiro atoms. The molecule has 176 valence electrons. The summed E-state index contributed by atoms with van der Waals surface area (Å²) in [5, 5.41) is 3.01. The first kappa shape index (κ1) is 22.3. The van der Waals surface area contributed by atoms with Gasteiger partial charge in [0.25, 0.3) is 0 Å². The van der Waals surface area contributed by atoms with Crippen LogP contribution in [0.4, 0.5) is 9.18 Å². The number of carbonyl (C=O) groups excluding carboxylic acids is 1. The van der Waals surface area contributed by atoms with Gasteiger partial charge in [-0.1, -0.05) is 24.3 Å². The first-order valence-electron chi connectivity index (χ1n) is 11.9. The average Bonchev–Trinajstić information content (AvgIpc) is 3.30. The van der Waals surface area contributed by atoms with E-state index in [0.29, 0.717) is 18.4 Å². The molecule has 0 aliphatic heterocycles. The second-order valence-corrected chi connectivity index (χ2v) is 9.03. The number of carbonyl (C=O) groups is 1. The molecule has 0 unspecified atom stereocenters. The van der Waals surface area contributed by atoms with E-state index in [2.05, 4.69) is 21.4 Å². The monoisotopic (exact) mass is 461 g/mol. The minimum Gasteiger partial charge on any atom is -0.450 e. The van der Waals surface area contributed by atoms with Crippen molar-refractivity contribution in [2.45, 2.75) is 44.6 Å². The summed E-state index contributed by atoms with van der Waals surface area (Å²) in [5.74, 6) is 1.62. The molecule has 5 rings (SSSR count). The van der Waals surface area contributed by atoms with Gasteiger partial charge in [0.2, 0.25) is 0 Å². The number of fused-ring (bicyclic) bond motifs is 2. The average molecular weight is 462 g/mol. The van der Waals surface area contributed by atoms with Gasteiger partial charge in [-0.2, -0.15) is 0 Å². The Kier molecular flexibility index (Phi) is 6.43. The maximum absolute atomic E-state index is 13.5. The van der Waals surface area contributed by atoms with E-state index in [-0.39, 0.29) is 23.9 Å². The number of benzene rings is 1.